The van der Waals surface area contributed by atoms with Crippen LogP contribution in [0.2, 0.25) is 0 Å². The molecule has 0 fully saturated rings. The van der Waals surface area contributed by atoms with Crippen LogP contribution in [0.3, 0.4) is 0 Å². The van der Waals surface area contributed by atoms with Crippen LogP contribution in [-0.4, -0.2) is 58.3 Å². The van der Waals surface area contributed by atoms with E-state index in [1.807, 2.05) is 31.2 Å². The number of hydrogen-bond acceptors (Lipinski definition) is 6. The first-order valence-corrected chi connectivity index (χ1v) is 9.75. The first-order chi connectivity index (χ1) is 13.2. The number of nitrogens with two attached hydrogens (primary N) is 1. The number of benzene rings is 1. The maximum absolute atomic E-state index is 12.2. The van der Waals surface area contributed by atoms with E-state index in [0.29, 0.717) is 5.75 Å². The lowest BCUT2D eigenvalue weighted by Crippen LogP contribution is -2.49. The molecule has 9 nitrogen and oxygen atoms in total. The molecular formula is C18H25N3O6S. The van der Waals surface area contributed by atoms with Gasteiger partial charge >= 0.3 is 11.9 Å². The minimum Gasteiger partial charge on any atom is -0.480 e. The van der Waals surface area contributed by atoms with Gasteiger partial charge in [0.1, 0.15) is 18.6 Å². The van der Waals surface area contributed by atoms with Crippen molar-refractivity contribution in [2.45, 2.75) is 37.6 Å². The summed E-state index contributed by atoms with van der Waals surface area (Å²) in [6.45, 7) is 1.41. The Morgan fingerprint density at radius 3 is 2.46 bits per heavy atom. The predicted molar refractivity (Wildman–Crippen MR) is 105 cm³/mol. The molecule has 0 aliphatic carbocycles. The molecule has 0 heterocycles. The third kappa shape index (κ3) is 8.87. The Balaban J connectivity index is 2.63. The van der Waals surface area contributed by atoms with Crippen LogP contribution in [0.15, 0.2) is 24.3 Å². The SMILES string of the molecule is Cc1ccccc1CSC[C@H](NC(=O)CC[C@H](N)C(=O)O)C(=O)NCC(=O)O. The summed E-state index contributed by atoms with van der Waals surface area (Å²) >= 11 is 1.42. The summed E-state index contributed by atoms with van der Waals surface area (Å²) < 4.78 is 0. The van der Waals surface area contributed by atoms with Crippen molar-refractivity contribution in [3.8, 4) is 0 Å². The Morgan fingerprint density at radius 1 is 1.18 bits per heavy atom. The molecule has 0 bridgehead atoms. The van der Waals surface area contributed by atoms with Gasteiger partial charge in [0.05, 0.1) is 0 Å². The number of carboxylic acid groups (broad SMARTS) is 2. The maximum atomic E-state index is 12.2. The van der Waals surface area contributed by atoms with E-state index in [2.05, 4.69) is 10.6 Å². The smallest absolute Gasteiger partial charge is 0.322 e. The van der Waals surface area contributed by atoms with Crippen molar-refractivity contribution in [1.29, 1.82) is 0 Å². The molecule has 2 amide bonds. The topological polar surface area (TPSA) is 159 Å². The van der Waals surface area contributed by atoms with Gasteiger partial charge in [-0.1, -0.05) is 24.3 Å². The van der Waals surface area contributed by atoms with Gasteiger partial charge in [-0.3, -0.25) is 19.2 Å². The fourth-order valence-electron chi connectivity index (χ4n) is 2.20. The number of carboxylic acids is 2. The van der Waals surface area contributed by atoms with Gasteiger partial charge in [0.25, 0.3) is 0 Å². The molecular weight excluding hydrogens is 386 g/mol. The summed E-state index contributed by atoms with van der Waals surface area (Å²) in [7, 11) is 0. The molecule has 6 N–H and O–H groups in total. The van der Waals surface area contributed by atoms with Gasteiger partial charge in [-0.2, -0.15) is 11.8 Å². The van der Waals surface area contributed by atoms with Crippen molar-refractivity contribution in [2.24, 2.45) is 5.73 Å². The van der Waals surface area contributed by atoms with Crippen molar-refractivity contribution in [3.63, 3.8) is 0 Å². The molecule has 0 radical (unpaired) electrons. The van der Waals surface area contributed by atoms with E-state index in [0.717, 1.165) is 11.1 Å². The Bertz CT molecular complexity index is 712. The Hall–Kier alpha value is -2.59. The van der Waals surface area contributed by atoms with E-state index in [1.54, 1.807) is 0 Å². The van der Waals surface area contributed by atoms with E-state index in [-0.39, 0.29) is 18.6 Å². The summed E-state index contributed by atoms with van der Waals surface area (Å²) in [5.74, 6) is -2.69. The average molecular weight is 411 g/mol. The highest BCUT2D eigenvalue weighted by molar-refractivity contribution is 7.98. The molecule has 0 unspecified atom stereocenters. The van der Waals surface area contributed by atoms with Crippen LogP contribution >= 0.6 is 11.8 Å². The van der Waals surface area contributed by atoms with Crippen LogP contribution < -0.4 is 16.4 Å². The average Bonchev–Trinajstić information content (AvgIpc) is 2.64. The Morgan fingerprint density at radius 2 is 1.86 bits per heavy atom. The molecule has 1 aromatic rings. The normalized spacial score (nSPS) is 12.6. The fourth-order valence-corrected chi connectivity index (χ4v) is 3.34. The molecule has 10 heteroatoms. The van der Waals surface area contributed by atoms with Crippen LogP contribution in [0, 0.1) is 6.92 Å². The highest BCUT2D eigenvalue weighted by Gasteiger charge is 2.22. The molecule has 1 rings (SSSR count). The molecule has 28 heavy (non-hydrogen) atoms. The van der Waals surface area contributed by atoms with E-state index < -0.39 is 42.4 Å². The molecule has 0 saturated heterocycles. The summed E-state index contributed by atoms with van der Waals surface area (Å²) in [4.78, 5) is 45.6. The van der Waals surface area contributed by atoms with Crippen molar-refractivity contribution in [2.75, 3.05) is 12.3 Å². The zero-order valence-electron chi connectivity index (χ0n) is 15.5. The molecule has 0 aliphatic rings. The minimum absolute atomic E-state index is 0.0685. The van der Waals surface area contributed by atoms with Crippen molar-refractivity contribution in [3.05, 3.63) is 35.4 Å². The van der Waals surface area contributed by atoms with Gasteiger partial charge in [0.2, 0.25) is 11.8 Å². The Labute approximate surface area is 167 Å². The number of amides is 2. The number of hydrogen-bond donors (Lipinski definition) is 5. The first kappa shape index (κ1) is 23.4. The number of aryl methyl sites for hydroxylation is 1. The first-order valence-electron chi connectivity index (χ1n) is 8.60. The largest absolute Gasteiger partial charge is 0.480 e. The third-order valence-electron chi connectivity index (χ3n) is 3.87. The van der Waals surface area contributed by atoms with E-state index in [4.69, 9.17) is 15.9 Å². The number of carbonyl (C=O) groups is 4. The maximum Gasteiger partial charge on any atom is 0.322 e. The van der Waals surface area contributed by atoms with Gasteiger partial charge < -0.3 is 26.6 Å². The second-order valence-electron chi connectivity index (χ2n) is 6.16. The highest BCUT2D eigenvalue weighted by atomic mass is 32.2. The van der Waals surface area contributed by atoms with Crippen LogP contribution in [-0.2, 0) is 24.9 Å². The summed E-state index contributed by atoms with van der Waals surface area (Å²) in [6, 6.07) is 5.66. The second-order valence-corrected chi connectivity index (χ2v) is 7.19. The second kappa shape index (κ2) is 12.0. The van der Waals surface area contributed by atoms with Gasteiger partial charge in [0.15, 0.2) is 0 Å². The molecule has 0 saturated carbocycles. The highest BCUT2D eigenvalue weighted by Crippen LogP contribution is 2.16. The lowest BCUT2D eigenvalue weighted by atomic mass is 10.1. The summed E-state index contributed by atoms with van der Waals surface area (Å²) in [5.41, 5.74) is 7.57. The number of thioether (sulfide) groups is 1. The number of rotatable bonds is 12. The van der Waals surface area contributed by atoms with E-state index >= 15 is 0 Å². The van der Waals surface area contributed by atoms with Crippen molar-refractivity contribution < 1.29 is 29.4 Å². The predicted octanol–water partition coefficient (Wildman–Crippen LogP) is 0.106. The van der Waals surface area contributed by atoms with Crippen LogP contribution in [0.4, 0.5) is 0 Å². The Kier molecular flexibility index (Phi) is 10.0. The number of carbonyl (C=O) groups excluding carboxylic acids is 2. The molecule has 1 aromatic carbocycles. The van der Waals surface area contributed by atoms with Crippen LogP contribution in [0.5, 0.6) is 0 Å². The quantitative estimate of drug-likeness (QED) is 0.324. The number of aliphatic carboxylic acids is 2. The van der Waals surface area contributed by atoms with Gasteiger partial charge in [-0.15, -0.1) is 0 Å². The number of nitrogens with one attached hydrogen (secondary N) is 2. The van der Waals surface area contributed by atoms with E-state index in [9.17, 15) is 19.2 Å². The van der Waals surface area contributed by atoms with Crippen LogP contribution in [0.1, 0.15) is 24.0 Å². The lowest BCUT2D eigenvalue weighted by Gasteiger charge is -2.18. The van der Waals surface area contributed by atoms with Crippen molar-refractivity contribution in [1.82, 2.24) is 10.6 Å². The van der Waals surface area contributed by atoms with Crippen LogP contribution in [0.25, 0.3) is 0 Å². The fraction of sp³-hybridized carbons (Fsp3) is 0.444. The molecule has 2 atom stereocenters. The minimum atomic E-state index is -1.21. The van der Waals surface area contributed by atoms with Gasteiger partial charge in [-0.05, 0) is 24.5 Å². The monoisotopic (exact) mass is 411 g/mol. The zero-order chi connectivity index (χ0) is 21.1. The summed E-state index contributed by atoms with van der Waals surface area (Å²) in [6.07, 6.45) is -0.223. The zero-order valence-corrected chi connectivity index (χ0v) is 16.3. The van der Waals surface area contributed by atoms with Gasteiger partial charge in [0, 0.05) is 17.9 Å². The van der Waals surface area contributed by atoms with Crippen molar-refractivity contribution >= 4 is 35.5 Å². The lowest BCUT2D eigenvalue weighted by molar-refractivity contribution is -0.139. The van der Waals surface area contributed by atoms with E-state index in [1.165, 1.54) is 11.8 Å². The van der Waals surface area contributed by atoms with Gasteiger partial charge in [-0.25, -0.2) is 0 Å². The molecule has 154 valence electrons. The molecule has 0 aliphatic heterocycles. The standard InChI is InChI=1S/C18H25N3O6S/c1-11-4-2-3-5-12(11)9-28-10-14(17(25)20-8-16(23)24)21-15(22)7-6-13(19)18(26)27/h2-5,13-14H,6-10,19H2,1H3,(H,20,25)(H,21,22)(H,23,24)(H,26,27)/t13-,14-/m0/s1. The molecule has 0 aromatic heterocycles. The summed E-state index contributed by atoms with van der Waals surface area (Å²) in [5, 5.41) is 22.2. The molecule has 0 spiro atoms. The third-order valence-corrected chi connectivity index (χ3v) is 4.95.